The first kappa shape index (κ1) is 17.7. The summed E-state index contributed by atoms with van der Waals surface area (Å²) in [5.41, 5.74) is 3.37. The molecule has 0 amide bonds. The van der Waals surface area contributed by atoms with Crippen LogP contribution in [0.4, 0.5) is 0 Å². The number of hydrogen-bond donors (Lipinski definition) is 1. The van der Waals surface area contributed by atoms with Gasteiger partial charge in [0.1, 0.15) is 5.75 Å². The number of carboxylic acids is 1. The maximum atomic E-state index is 12.6. The molecule has 0 heterocycles. The Hall–Kier alpha value is -2.10. The lowest BCUT2D eigenvalue weighted by Gasteiger charge is -2.41. The minimum atomic E-state index is -0.991. The van der Waals surface area contributed by atoms with Crippen LogP contribution in [0.25, 0.3) is 0 Å². The molecule has 0 saturated carbocycles. The van der Waals surface area contributed by atoms with Crippen molar-refractivity contribution in [1.29, 1.82) is 0 Å². The highest BCUT2D eigenvalue weighted by Crippen LogP contribution is 2.56. The lowest BCUT2D eigenvalue weighted by Crippen LogP contribution is -2.28. The van der Waals surface area contributed by atoms with E-state index in [-0.39, 0.29) is 28.3 Å². The van der Waals surface area contributed by atoms with Crippen molar-refractivity contribution in [3.8, 4) is 5.75 Å². The van der Waals surface area contributed by atoms with Gasteiger partial charge in [-0.2, -0.15) is 0 Å². The van der Waals surface area contributed by atoms with E-state index >= 15 is 0 Å². The van der Waals surface area contributed by atoms with Crippen molar-refractivity contribution in [3.63, 3.8) is 0 Å². The number of hydrogen-bond acceptors (Lipinski definition) is 3. The molecule has 25 heavy (non-hydrogen) atoms. The first-order chi connectivity index (χ1) is 11.6. The van der Waals surface area contributed by atoms with Crippen LogP contribution >= 0.6 is 0 Å². The van der Waals surface area contributed by atoms with E-state index in [9.17, 15) is 9.59 Å². The third kappa shape index (κ3) is 3.35. The van der Waals surface area contributed by atoms with Crippen molar-refractivity contribution in [2.45, 2.75) is 53.4 Å². The van der Waals surface area contributed by atoms with Crippen LogP contribution in [0.3, 0.4) is 0 Å². The van der Waals surface area contributed by atoms with E-state index < -0.39 is 5.97 Å². The van der Waals surface area contributed by atoms with Crippen LogP contribution in [-0.4, -0.2) is 17.0 Å². The van der Waals surface area contributed by atoms with Gasteiger partial charge in [-0.3, -0.25) is 4.79 Å². The summed E-state index contributed by atoms with van der Waals surface area (Å²) in [6, 6.07) is 5.99. The third-order valence-corrected chi connectivity index (χ3v) is 5.93. The second kappa shape index (κ2) is 6.01. The molecule has 0 unspecified atom stereocenters. The van der Waals surface area contributed by atoms with Gasteiger partial charge >= 0.3 is 11.9 Å². The van der Waals surface area contributed by atoms with Crippen molar-refractivity contribution >= 4 is 11.9 Å². The summed E-state index contributed by atoms with van der Waals surface area (Å²) in [5, 5.41) is 8.93. The first-order valence-corrected chi connectivity index (χ1v) is 8.88. The first-order valence-electron chi connectivity index (χ1n) is 8.88. The van der Waals surface area contributed by atoms with Crippen LogP contribution in [0.5, 0.6) is 5.75 Å². The van der Waals surface area contributed by atoms with Crippen molar-refractivity contribution < 1.29 is 19.4 Å². The van der Waals surface area contributed by atoms with E-state index in [0.29, 0.717) is 5.75 Å². The highest BCUT2D eigenvalue weighted by molar-refractivity contribution is 5.87. The summed E-state index contributed by atoms with van der Waals surface area (Å²) < 4.78 is 5.52. The quantitative estimate of drug-likeness (QED) is 0.485. The third-order valence-electron chi connectivity index (χ3n) is 5.93. The Morgan fingerprint density at radius 3 is 1.88 bits per heavy atom. The Labute approximate surface area is 148 Å². The smallest absolute Gasteiger partial charge is 0.335 e. The van der Waals surface area contributed by atoms with E-state index in [1.165, 1.54) is 35.4 Å². The second-order valence-electron chi connectivity index (χ2n) is 8.58. The molecule has 0 spiro atoms. The molecule has 1 aromatic carbocycles. The topological polar surface area (TPSA) is 63.6 Å². The molecule has 0 bridgehead atoms. The zero-order valence-electron chi connectivity index (χ0n) is 15.4. The molecule has 0 saturated heterocycles. The van der Waals surface area contributed by atoms with Gasteiger partial charge in [-0.05, 0) is 60.8 Å². The molecule has 2 aliphatic carbocycles. The summed E-state index contributed by atoms with van der Waals surface area (Å²) in [6.45, 7) is 9.09. The van der Waals surface area contributed by atoms with Crippen LogP contribution in [0, 0.1) is 16.7 Å². The molecule has 0 aromatic heterocycles. The molecule has 0 aliphatic heterocycles. The maximum absolute atomic E-state index is 12.6. The van der Waals surface area contributed by atoms with Crippen molar-refractivity contribution in [2.24, 2.45) is 16.7 Å². The van der Waals surface area contributed by atoms with Gasteiger partial charge in [0.15, 0.2) is 0 Å². The molecule has 2 aliphatic rings. The molecule has 1 N–H and O–H groups in total. The summed E-state index contributed by atoms with van der Waals surface area (Å²) >= 11 is 0. The van der Waals surface area contributed by atoms with Crippen LogP contribution < -0.4 is 4.74 Å². The number of allylic oxidation sites excluding steroid dienone is 2. The fraction of sp³-hybridized carbons (Fsp3) is 0.524. The highest BCUT2D eigenvalue weighted by atomic mass is 16.5. The largest absolute Gasteiger partial charge is 0.478 e. The second-order valence-corrected chi connectivity index (χ2v) is 8.58. The molecular weight excluding hydrogens is 316 g/mol. The fourth-order valence-corrected chi connectivity index (χ4v) is 4.14. The molecule has 1 aromatic rings. The fourth-order valence-electron chi connectivity index (χ4n) is 4.14. The van der Waals surface area contributed by atoms with Gasteiger partial charge < -0.3 is 9.84 Å². The molecule has 134 valence electrons. The van der Waals surface area contributed by atoms with Crippen molar-refractivity contribution in [3.05, 3.63) is 41.0 Å². The van der Waals surface area contributed by atoms with Gasteiger partial charge in [-0.25, -0.2) is 4.79 Å². The van der Waals surface area contributed by atoms with E-state index in [2.05, 4.69) is 27.7 Å². The van der Waals surface area contributed by atoms with Crippen LogP contribution in [0.1, 0.15) is 63.7 Å². The van der Waals surface area contributed by atoms with Gasteiger partial charge in [-0.1, -0.05) is 38.8 Å². The number of benzene rings is 1. The van der Waals surface area contributed by atoms with Crippen LogP contribution in [-0.2, 0) is 4.79 Å². The molecule has 0 atom stereocenters. The molecule has 3 rings (SSSR count). The van der Waals surface area contributed by atoms with E-state index in [1.807, 2.05) is 0 Å². The minimum Gasteiger partial charge on any atom is -0.478 e. The average molecular weight is 342 g/mol. The number of carbonyl (C=O) groups excluding carboxylic acids is 1. The lowest BCUT2D eigenvalue weighted by molar-refractivity contribution is -0.138. The highest BCUT2D eigenvalue weighted by Gasteiger charge is 2.45. The standard InChI is InChI=1S/C21H26O4/c1-20(2)9-10-21(3,4)17-12-14(11-16(17)20)19(24)25-15-7-5-13(6-8-15)18(22)23/h5-8,14H,9-12H2,1-4H3,(H,22,23). The molecule has 0 radical (unpaired) electrons. The minimum absolute atomic E-state index is 0.138. The SMILES string of the molecule is CC1(C)CCC(C)(C)C2=C1CC(C(=O)Oc1ccc(C(=O)O)cc1)C2. The van der Waals surface area contributed by atoms with Gasteiger partial charge in [0.25, 0.3) is 0 Å². The predicted molar refractivity (Wildman–Crippen MR) is 95.6 cm³/mol. The number of esters is 1. The van der Waals surface area contributed by atoms with Crippen molar-refractivity contribution in [2.75, 3.05) is 0 Å². The number of aromatic carboxylic acids is 1. The lowest BCUT2D eigenvalue weighted by atomic mass is 9.64. The maximum Gasteiger partial charge on any atom is 0.335 e. The van der Waals surface area contributed by atoms with Crippen molar-refractivity contribution in [1.82, 2.24) is 0 Å². The van der Waals surface area contributed by atoms with E-state index in [4.69, 9.17) is 9.84 Å². The zero-order chi connectivity index (χ0) is 18.4. The summed E-state index contributed by atoms with van der Waals surface area (Å²) in [5.74, 6) is -0.946. The van der Waals surface area contributed by atoms with Crippen LogP contribution in [0.15, 0.2) is 35.4 Å². The molecule has 4 heteroatoms. The van der Waals surface area contributed by atoms with Gasteiger partial charge in [-0.15, -0.1) is 0 Å². The number of carbonyl (C=O) groups is 2. The zero-order valence-corrected chi connectivity index (χ0v) is 15.4. The Morgan fingerprint density at radius 2 is 1.44 bits per heavy atom. The normalized spacial score (nSPS) is 21.8. The number of carboxylic acid groups (broad SMARTS) is 1. The van der Waals surface area contributed by atoms with Gasteiger partial charge in [0.2, 0.25) is 0 Å². The van der Waals surface area contributed by atoms with E-state index in [0.717, 1.165) is 25.7 Å². The Kier molecular flexibility index (Phi) is 4.26. The molecule has 0 fully saturated rings. The summed E-state index contributed by atoms with van der Waals surface area (Å²) in [7, 11) is 0. The molecule has 4 nitrogen and oxygen atoms in total. The Morgan fingerprint density at radius 1 is 0.960 bits per heavy atom. The van der Waals surface area contributed by atoms with Gasteiger partial charge in [0.05, 0.1) is 11.5 Å². The average Bonchev–Trinajstić information content (AvgIpc) is 3.00. The van der Waals surface area contributed by atoms with Crippen LogP contribution in [0.2, 0.25) is 0 Å². The molecular formula is C21H26O4. The Balaban J connectivity index is 1.72. The predicted octanol–water partition coefficient (Wildman–Crippen LogP) is 4.84. The summed E-state index contributed by atoms with van der Waals surface area (Å²) in [6.07, 6.45) is 3.85. The number of rotatable bonds is 3. The summed E-state index contributed by atoms with van der Waals surface area (Å²) in [4.78, 5) is 23.5. The van der Waals surface area contributed by atoms with E-state index in [1.54, 1.807) is 0 Å². The van der Waals surface area contributed by atoms with Gasteiger partial charge in [0, 0.05) is 0 Å². The number of ether oxygens (including phenoxy) is 1. The Bertz CT molecular complexity index is 710. The monoisotopic (exact) mass is 342 g/mol.